The summed E-state index contributed by atoms with van der Waals surface area (Å²) in [5, 5.41) is 10.9. The van der Waals surface area contributed by atoms with Crippen molar-refractivity contribution >= 4 is 28.9 Å². The summed E-state index contributed by atoms with van der Waals surface area (Å²) < 4.78 is 0. The van der Waals surface area contributed by atoms with E-state index >= 15 is 0 Å². The highest BCUT2D eigenvalue weighted by Gasteiger charge is 2.12. The van der Waals surface area contributed by atoms with Crippen LogP contribution >= 0.6 is 23.2 Å². The van der Waals surface area contributed by atoms with E-state index in [1.165, 1.54) is 18.5 Å². The first-order valence-electron chi connectivity index (χ1n) is 4.50. The zero-order valence-electron chi connectivity index (χ0n) is 8.30. The molecule has 2 rings (SSSR count). The van der Waals surface area contributed by atoms with E-state index in [4.69, 9.17) is 23.2 Å². The van der Waals surface area contributed by atoms with Gasteiger partial charge in [-0.15, -0.1) is 0 Å². The number of nitro benzene ring substituents is 1. The SMILES string of the molecule is O=[N+]([O-])c1ccc(-c2c(Cl)ncnc2Cl)cc1. The Morgan fingerprint density at radius 3 is 2.06 bits per heavy atom. The monoisotopic (exact) mass is 269 g/mol. The Kier molecular flexibility index (Phi) is 3.21. The molecule has 2 aromatic rings. The van der Waals surface area contributed by atoms with Gasteiger partial charge in [0, 0.05) is 12.1 Å². The van der Waals surface area contributed by atoms with Crippen molar-refractivity contribution in [2.24, 2.45) is 0 Å². The minimum absolute atomic E-state index is 0.00200. The van der Waals surface area contributed by atoms with E-state index in [0.29, 0.717) is 11.1 Å². The Bertz CT molecular complexity index is 552. The van der Waals surface area contributed by atoms with Gasteiger partial charge >= 0.3 is 0 Å². The van der Waals surface area contributed by atoms with Crippen molar-refractivity contribution in [3.05, 3.63) is 51.0 Å². The van der Waals surface area contributed by atoms with E-state index in [-0.39, 0.29) is 16.0 Å². The minimum Gasteiger partial charge on any atom is -0.258 e. The van der Waals surface area contributed by atoms with Crippen molar-refractivity contribution in [1.82, 2.24) is 9.97 Å². The number of halogens is 2. The number of hydrogen-bond acceptors (Lipinski definition) is 4. The van der Waals surface area contributed by atoms with E-state index in [2.05, 4.69) is 9.97 Å². The molecule has 0 radical (unpaired) electrons. The molecule has 0 aliphatic rings. The van der Waals surface area contributed by atoms with Crippen LogP contribution in [0.4, 0.5) is 5.69 Å². The third-order valence-electron chi connectivity index (χ3n) is 2.12. The van der Waals surface area contributed by atoms with Crippen LogP contribution in [0.2, 0.25) is 10.3 Å². The van der Waals surface area contributed by atoms with E-state index in [1.807, 2.05) is 0 Å². The van der Waals surface area contributed by atoms with Gasteiger partial charge in [-0.2, -0.15) is 0 Å². The molecule has 17 heavy (non-hydrogen) atoms. The van der Waals surface area contributed by atoms with Gasteiger partial charge in [0.2, 0.25) is 0 Å². The Morgan fingerprint density at radius 1 is 1.06 bits per heavy atom. The van der Waals surface area contributed by atoms with Crippen LogP contribution in [-0.2, 0) is 0 Å². The molecule has 0 bridgehead atoms. The standard InChI is InChI=1S/C10H5Cl2N3O2/c11-9-8(10(12)14-5-13-9)6-1-3-7(4-2-6)15(16)17/h1-5H. The van der Waals surface area contributed by atoms with Crippen molar-refractivity contribution < 1.29 is 4.92 Å². The van der Waals surface area contributed by atoms with Crippen LogP contribution in [0.3, 0.4) is 0 Å². The lowest BCUT2D eigenvalue weighted by atomic mass is 10.1. The highest BCUT2D eigenvalue weighted by Crippen LogP contribution is 2.32. The van der Waals surface area contributed by atoms with Crippen molar-refractivity contribution in [2.75, 3.05) is 0 Å². The summed E-state index contributed by atoms with van der Waals surface area (Å²) in [5.41, 5.74) is 1.09. The maximum atomic E-state index is 10.5. The molecule has 0 saturated carbocycles. The number of nitrogens with zero attached hydrogens (tertiary/aromatic N) is 3. The Morgan fingerprint density at radius 2 is 1.59 bits per heavy atom. The van der Waals surface area contributed by atoms with Gasteiger partial charge in [-0.1, -0.05) is 23.2 Å². The van der Waals surface area contributed by atoms with Crippen LogP contribution in [0.15, 0.2) is 30.6 Å². The lowest BCUT2D eigenvalue weighted by Gasteiger charge is -2.04. The average molecular weight is 270 g/mol. The number of aromatic nitrogens is 2. The second-order valence-electron chi connectivity index (χ2n) is 3.13. The first-order valence-corrected chi connectivity index (χ1v) is 5.26. The fourth-order valence-electron chi connectivity index (χ4n) is 1.33. The van der Waals surface area contributed by atoms with Crippen molar-refractivity contribution in [2.45, 2.75) is 0 Å². The summed E-state index contributed by atoms with van der Waals surface area (Å²) in [7, 11) is 0. The summed E-state index contributed by atoms with van der Waals surface area (Å²) in [6, 6.07) is 5.84. The molecule has 0 fully saturated rings. The summed E-state index contributed by atoms with van der Waals surface area (Å²) in [4.78, 5) is 17.7. The number of rotatable bonds is 2. The van der Waals surface area contributed by atoms with Crippen LogP contribution in [0.5, 0.6) is 0 Å². The molecule has 7 heteroatoms. The van der Waals surface area contributed by atoms with E-state index < -0.39 is 4.92 Å². The van der Waals surface area contributed by atoms with Crippen LogP contribution in [0, 0.1) is 10.1 Å². The molecule has 1 heterocycles. The fourth-order valence-corrected chi connectivity index (χ4v) is 1.87. The van der Waals surface area contributed by atoms with Gasteiger partial charge in [-0.25, -0.2) is 9.97 Å². The van der Waals surface area contributed by atoms with Crippen LogP contribution < -0.4 is 0 Å². The topological polar surface area (TPSA) is 68.9 Å². The first kappa shape index (κ1) is 11.8. The molecule has 0 spiro atoms. The molecule has 0 N–H and O–H groups in total. The summed E-state index contributed by atoms with van der Waals surface area (Å²) in [5.74, 6) is 0. The molecule has 0 aliphatic carbocycles. The van der Waals surface area contributed by atoms with Gasteiger partial charge in [0.05, 0.1) is 10.5 Å². The molecule has 0 amide bonds. The molecular weight excluding hydrogens is 265 g/mol. The quantitative estimate of drug-likeness (QED) is 0.476. The predicted molar refractivity (Wildman–Crippen MR) is 64.1 cm³/mol. The van der Waals surface area contributed by atoms with Gasteiger partial charge < -0.3 is 0 Å². The molecule has 0 unspecified atom stereocenters. The maximum absolute atomic E-state index is 10.5. The highest BCUT2D eigenvalue weighted by atomic mass is 35.5. The van der Waals surface area contributed by atoms with E-state index in [1.54, 1.807) is 12.1 Å². The molecule has 1 aromatic heterocycles. The number of hydrogen-bond donors (Lipinski definition) is 0. The number of nitro groups is 1. The first-order chi connectivity index (χ1) is 8.09. The predicted octanol–water partition coefficient (Wildman–Crippen LogP) is 3.36. The smallest absolute Gasteiger partial charge is 0.258 e. The number of benzene rings is 1. The number of non-ortho nitro benzene ring substituents is 1. The Balaban J connectivity index is 2.50. The summed E-state index contributed by atoms with van der Waals surface area (Å²) in [6.07, 6.45) is 1.25. The zero-order chi connectivity index (χ0) is 12.4. The van der Waals surface area contributed by atoms with Gasteiger partial charge in [0.1, 0.15) is 16.6 Å². The van der Waals surface area contributed by atoms with Gasteiger partial charge in [-0.05, 0) is 17.7 Å². The molecule has 0 saturated heterocycles. The molecule has 5 nitrogen and oxygen atoms in total. The van der Waals surface area contributed by atoms with Gasteiger partial charge in [0.15, 0.2) is 0 Å². The third kappa shape index (κ3) is 2.35. The minimum atomic E-state index is -0.478. The molecule has 0 aliphatic heterocycles. The van der Waals surface area contributed by atoms with Gasteiger partial charge in [0.25, 0.3) is 5.69 Å². The molecule has 86 valence electrons. The second kappa shape index (κ2) is 4.65. The normalized spacial score (nSPS) is 10.2. The van der Waals surface area contributed by atoms with Crippen LogP contribution in [-0.4, -0.2) is 14.9 Å². The van der Waals surface area contributed by atoms with Gasteiger partial charge in [-0.3, -0.25) is 10.1 Å². The largest absolute Gasteiger partial charge is 0.269 e. The average Bonchev–Trinajstić information content (AvgIpc) is 2.29. The van der Waals surface area contributed by atoms with Crippen molar-refractivity contribution in [3.63, 3.8) is 0 Å². The van der Waals surface area contributed by atoms with Crippen molar-refractivity contribution in [1.29, 1.82) is 0 Å². The molecular formula is C10H5Cl2N3O2. The van der Waals surface area contributed by atoms with E-state index in [9.17, 15) is 10.1 Å². The van der Waals surface area contributed by atoms with E-state index in [0.717, 1.165) is 0 Å². The fraction of sp³-hybridized carbons (Fsp3) is 0. The zero-order valence-corrected chi connectivity index (χ0v) is 9.81. The summed E-state index contributed by atoms with van der Waals surface area (Å²) in [6.45, 7) is 0. The lowest BCUT2D eigenvalue weighted by molar-refractivity contribution is -0.384. The summed E-state index contributed by atoms with van der Waals surface area (Å²) >= 11 is 11.8. The lowest BCUT2D eigenvalue weighted by Crippen LogP contribution is -1.90. The third-order valence-corrected chi connectivity index (χ3v) is 2.69. The molecule has 1 aromatic carbocycles. The highest BCUT2D eigenvalue weighted by molar-refractivity contribution is 6.37. The molecule has 0 atom stereocenters. The van der Waals surface area contributed by atoms with Crippen LogP contribution in [0.25, 0.3) is 11.1 Å². The maximum Gasteiger partial charge on any atom is 0.269 e. The van der Waals surface area contributed by atoms with Crippen LogP contribution in [0.1, 0.15) is 0 Å². The Hall–Kier alpha value is -1.72. The second-order valence-corrected chi connectivity index (χ2v) is 3.85. The Labute approximate surface area is 106 Å². The van der Waals surface area contributed by atoms with Crippen molar-refractivity contribution in [3.8, 4) is 11.1 Å².